The normalized spacial score (nSPS) is 14.0. The number of nitrogens with zero attached hydrogens (tertiary/aromatic N) is 4. The van der Waals surface area contributed by atoms with E-state index in [0.717, 1.165) is 11.3 Å². The molecule has 0 unspecified atom stereocenters. The number of halogens is 1. The Morgan fingerprint density at radius 3 is 2.41 bits per heavy atom. The van der Waals surface area contributed by atoms with E-state index < -0.39 is 0 Å². The van der Waals surface area contributed by atoms with E-state index in [1.807, 2.05) is 30.3 Å². The molecule has 0 saturated carbocycles. The van der Waals surface area contributed by atoms with Crippen molar-refractivity contribution in [1.82, 2.24) is 14.9 Å². The number of piperazine rings is 1. The van der Waals surface area contributed by atoms with Crippen LogP contribution in [0.3, 0.4) is 0 Å². The fourth-order valence-electron chi connectivity index (χ4n) is 3.34. The van der Waals surface area contributed by atoms with Gasteiger partial charge in [0.2, 0.25) is 0 Å². The monoisotopic (exact) mass is 391 g/mol. The van der Waals surface area contributed by atoms with Crippen LogP contribution < -0.4 is 10.2 Å². The Morgan fingerprint density at radius 2 is 1.69 bits per heavy atom. The molecule has 1 saturated heterocycles. The molecule has 2 heterocycles. The van der Waals surface area contributed by atoms with E-state index in [2.05, 4.69) is 20.2 Å². The van der Waals surface area contributed by atoms with Crippen molar-refractivity contribution in [3.05, 3.63) is 84.1 Å². The summed E-state index contributed by atoms with van der Waals surface area (Å²) in [6.07, 6.45) is 1.41. The topological polar surface area (TPSA) is 61.4 Å². The van der Waals surface area contributed by atoms with Crippen LogP contribution in [0.25, 0.3) is 0 Å². The molecule has 6 nitrogen and oxygen atoms in total. The number of amides is 1. The highest BCUT2D eigenvalue weighted by Gasteiger charge is 2.23. The lowest BCUT2D eigenvalue weighted by atomic mass is 10.2. The van der Waals surface area contributed by atoms with Gasteiger partial charge in [-0.25, -0.2) is 14.4 Å². The van der Waals surface area contributed by atoms with Crippen molar-refractivity contribution in [2.45, 2.75) is 6.54 Å². The van der Waals surface area contributed by atoms with Gasteiger partial charge in [-0.3, -0.25) is 4.79 Å². The largest absolute Gasteiger partial charge is 0.368 e. The number of hydrogen-bond donors (Lipinski definition) is 1. The van der Waals surface area contributed by atoms with Crippen molar-refractivity contribution in [3.63, 3.8) is 0 Å². The van der Waals surface area contributed by atoms with Gasteiger partial charge >= 0.3 is 0 Å². The van der Waals surface area contributed by atoms with E-state index in [0.29, 0.717) is 44.2 Å². The standard InChI is InChI=1S/C22H22FN5O/c23-18-6-8-19(9-7-18)27-10-12-28(13-11-27)22(29)20-14-21(26-16-25-20)24-15-17-4-2-1-3-5-17/h1-9,14,16H,10-13,15H2,(H,24,25,26). The van der Waals surface area contributed by atoms with Gasteiger partial charge in [0.25, 0.3) is 5.91 Å². The van der Waals surface area contributed by atoms with E-state index in [-0.39, 0.29) is 11.7 Å². The first-order valence-electron chi connectivity index (χ1n) is 9.59. The predicted octanol–water partition coefficient (Wildman–Crippen LogP) is 3.19. The van der Waals surface area contributed by atoms with Crippen LogP contribution in [0.1, 0.15) is 16.1 Å². The van der Waals surface area contributed by atoms with Crippen LogP contribution in [-0.2, 0) is 6.54 Å². The number of carbonyl (C=O) groups is 1. The van der Waals surface area contributed by atoms with Crippen LogP contribution >= 0.6 is 0 Å². The van der Waals surface area contributed by atoms with Crippen LogP contribution in [0.5, 0.6) is 0 Å². The summed E-state index contributed by atoms with van der Waals surface area (Å²) in [6, 6.07) is 18.1. The fourth-order valence-corrected chi connectivity index (χ4v) is 3.34. The van der Waals surface area contributed by atoms with Crippen LogP contribution in [0.15, 0.2) is 67.0 Å². The lowest BCUT2D eigenvalue weighted by Crippen LogP contribution is -2.49. The summed E-state index contributed by atoms with van der Waals surface area (Å²) < 4.78 is 13.1. The summed E-state index contributed by atoms with van der Waals surface area (Å²) in [5, 5.41) is 3.23. The smallest absolute Gasteiger partial charge is 0.272 e. The number of hydrogen-bond acceptors (Lipinski definition) is 5. The van der Waals surface area contributed by atoms with Gasteiger partial charge in [0.05, 0.1) is 0 Å². The second-order valence-electron chi connectivity index (χ2n) is 6.88. The van der Waals surface area contributed by atoms with Crippen molar-refractivity contribution in [2.24, 2.45) is 0 Å². The van der Waals surface area contributed by atoms with E-state index in [1.54, 1.807) is 23.1 Å². The molecule has 0 radical (unpaired) electrons. The summed E-state index contributed by atoms with van der Waals surface area (Å²) in [5.74, 6) is 0.272. The Balaban J connectivity index is 1.35. The number of anilines is 2. The van der Waals surface area contributed by atoms with Crippen LogP contribution in [0.4, 0.5) is 15.9 Å². The molecule has 4 rings (SSSR count). The first-order chi connectivity index (χ1) is 14.2. The molecule has 3 aromatic rings. The Hall–Kier alpha value is -3.48. The third kappa shape index (κ3) is 4.68. The molecule has 0 aliphatic carbocycles. The number of carbonyl (C=O) groups excluding carboxylic acids is 1. The highest BCUT2D eigenvalue weighted by molar-refractivity contribution is 5.93. The van der Waals surface area contributed by atoms with E-state index in [9.17, 15) is 9.18 Å². The molecule has 1 aliphatic heterocycles. The van der Waals surface area contributed by atoms with E-state index in [1.165, 1.54) is 18.5 Å². The molecular formula is C22H22FN5O. The van der Waals surface area contributed by atoms with Gasteiger partial charge in [0.15, 0.2) is 0 Å². The second-order valence-corrected chi connectivity index (χ2v) is 6.88. The van der Waals surface area contributed by atoms with Crippen molar-refractivity contribution in [1.29, 1.82) is 0 Å². The first-order valence-corrected chi connectivity index (χ1v) is 9.59. The lowest BCUT2D eigenvalue weighted by Gasteiger charge is -2.36. The molecule has 1 fully saturated rings. The third-order valence-corrected chi connectivity index (χ3v) is 4.96. The maximum Gasteiger partial charge on any atom is 0.272 e. The van der Waals surface area contributed by atoms with Gasteiger partial charge in [-0.2, -0.15) is 0 Å². The number of benzene rings is 2. The Morgan fingerprint density at radius 1 is 0.966 bits per heavy atom. The Labute approximate surface area is 169 Å². The highest BCUT2D eigenvalue weighted by atomic mass is 19.1. The average molecular weight is 391 g/mol. The molecule has 0 atom stereocenters. The summed E-state index contributed by atoms with van der Waals surface area (Å²) in [5.41, 5.74) is 2.48. The fraction of sp³-hybridized carbons (Fsp3) is 0.227. The van der Waals surface area contributed by atoms with Gasteiger partial charge in [-0.05, 0) is 29.8 Å². The van der Waals surface area contributed by atoms with Crippen LogP contribution in [0.2, 0.25) is 0 Å². The zero-order valence-electron chi connectivity index (χ0n) is 16.0. The predicted molar refractivity (Wildman–Crippen MR) is 110 cm³/mol. The van der Waals surface area contributed by atoms with Crippen molar-refractivity contribution >= 4 is 17.4 Å². The Kier molecular flexibility index (Phi) is 5.65. The molecule has 1 aliphatic rings. The van der Waals surface area contributed by atoms with Crippen LogP contribution in [-0.4, -0.2) is 47.0 Å². The van der Waals surface area contributed by atoms with Gasteiger partial charge in [-0.1, -0.05) is 30.3 Å². The molecule has 1 aromatic heterocycles. The SMILES string of the molecule is O=C(c1cc(NCc2ccccc2)ncn1)N1CCN(c2ccc(F)cc2)CC1. The molecule has 29 heavy (non-hydrogen) atoms. The maximum atomic E-state index is 13.1. The van der Waals surface area contributed by atoms with Gasteiger partial charge in [0, 0.05) is 44.5 Å². The number of aromatic nitrogens is 2. The van der Waals surface area contributed by atoms with Crippen molar-refractivity contribution in [2.75, 3.05) is 36.4 Å². The quantitative estimate of drug-likeness (QED) is 0.724. The molecule has 0 bridgehead atoms. The summed E-state index contributed by atoms with van der Waals surface area (Å²) in [6.45, 7) is 3.20. The molecule has 1 amide bonds. The maximum absolute atomic E-state index is 13.1. The average Bonchev–Trinajstić information content (AvgIpc) is 2.79. The number of rotatable bonds is 5. The zero-order valence-corrected chi connectivity index (χ0v) is 16.0. The second kappa shape index (κ2) is 8.68. The van der Waals surface area contributed by atoms with Gasteiger partial charge in [0.1, 0.15) is 23.7 Å². The van der Waals surface area contributed by atoms with Crippen LogP contribution in [0, 0.1) is 5.82 Å². The summed E-state index contributed by atoms with van der Waals surface area (Å²) in [4.78, 5) is 25.2. The zero-order chi connectivity index (χ0) is 20.1. The minimum atomic E-state index is -0.247. The first kappa shape index (κ1) is 18.9. The minimum Gasteiger partial charge on any atom is -0.368 e. The highest BCUT2D eigenvalue weighted by Crippen LogP contribution is 2.18. The summed E-state index contributed by atoms with van der Waals surface area (Å²) >= 11 is 0. The Bertz CT molecular complexity index is 956. The minimum absolute atomic E-state index is 0.103. The molecule has 0 spiro atoms. The lowest BCUT2D eigenvalue weighted by molar-refractivity contribution is 0.0740. The van der Waals surface area contributed by atoms with Crippen molar-refractivity contribution in [3.8, 4) is 0 Å². The molecular weight excluding hydrogens is 369 g/mol. The third-order valence-electron chi connectivity index (χ3n) is 4.96. The molecule has 1 N–H and O–H groups in total. The molecule has 148 valence electrons. The van der Waals surface area contributed by atoms with Crippen molar-refractivity contribution < 1.29 is 9.18 Å². The van der Waals surface area contributed by atoms with Gasteiger partial charge < -0.3 is 15.1 Å². The van der Waals surface area contributed by atoms with E-state index in [4.69, 9.17) is 0 Å². The number of nitrogens with one attached hydrogen (secondary N) is 1. The molecule has 7 heteroatoms. The summed E-state index contributed by atoms with van der Waals surface area (Å²) in [7, 11) is 0. The molecule has 2 aromatic carbocycles. The van der Waals surface area contributed by atoms with Gasteiger partial charge in [-0.15, -0.1) is 0 Å². The van der Waals surface area contributed by atoms with E-state index >= 15 is 0 Å².